The van der Waals surface area contributed by atoms with Crippen molar-refractivity contribution in [3.8, 4) is 11.4 Å². The molecule has 4 rings (SSSR count). The molecule has 1 amide bonds. The highest BCUT2D eigenvalue weighted by Gasteiger charge is 2.22. The van der Waals surface area contributed by atoms with Gasteiger partial charge in [-0.3, -0.25) is 4.79 Å². The summed E-state index contributed by atoms with van der Waals surface area (Å²) in [7, 11) is 0. The van der Waals surface area contributed by atoms with E-state index in [0.29, 0.717) is 30.0 Å². The van der Waals surface area contributed by atoms with Gasteiger partial charge < -0.3 is 14.2 Å². The molecule has 0 saturated carbocycles. The molecule has 0 spiro atoms. The Balaban J connectivity index is 1.41. The fourth-order valence-corrected chi connectivity index (χ4v) is 2.95. The average molecular weight is 363 g/mol. The number of esters is 1. The molecular weight excluding hydrogens is 346 g/mol. The third kappa shape index (κ3) is 3.72. The number of ether oxygens (including phenoxy) is 1. The molecule has 0 N–H and O–H groups in total. The summed E-state index contributed by atoms with van der Waals surface area (Å²) in [6, 6.07) is 16.2. The molecule has 136 valence electrons. The SMILES string of the molecule is O=C(OCc1nc(-c2ccccc2)no1)c1cccc(N2CCCC2=O)c1. The Morgan fingerprint density at radius 2 is 2.00 bits per heavy atom. The average Bonchev–Trinajstić information content (AvgIpc) is 3.36. The highest BCUT2D eigenvalue weighted by molar-refractivity contribution is 5.97. The normalized spacial score (nSPS) is 13.8. The minimum atomic E-state index is -0.511. The second-order valence-electron chi connectivity index (χ2n) is 6.15. The summed E-state index contributed by atoms with van der Waals surface area (Å²) in [5, 5.41) is 3.89. The van der Waals surface area contributed by atoms with E-state index in [2.05, 4.69) is 10.1 Å². The van der Waals surface area contributed by atoms with Gasteiger partial charge in [0.1, 0.15) is 0 Å². The number of hydrogen-bond acceptors (Lipinski definition) is 6. The quantitative estimate of drug-likeness (QED) is 0.647. The van der Waals surface area contributed by atoms with E-state index in [1.54, 1.807) is 23.1 Å². The zero-order valence-corrected chi connectivity index (χ0v) is 14.5. The van der Waals surface area contributed by atoms with Gasteiger partial charge in [0.05, 0.1) is 5.56 Å². The predicted octanol–water partition coefficient (Wildman–Crippen LogP) is 3.22. The number of nitrogens with zero attached hydrogens (tertiary/aromatic N) is 3. The molecule has 27 heavy (non-hydrogen) atoms. The van der Waals surface area contributed by atoms with Crippen LogP contribution in [0.2, 0.25) is 0 Å². The molecule has 0 unspecified atom stereocenters. The minimum Gasteiger partial charge on any atom is -0.452 e. The fourth-order valence-electron chi connectivity index (χ4n) is 2.95. The Kier molecular flexibility index (Phi) is 4.65. The number of hydrogen-bond donors (Lipinski definition) is 0. The molecule has 1 aliphatic heterocycles. The van der Waals surface area contributed by atoms with Crippen molar-refractivity contribution in [3.05, 3.63) is 66.1 Å². The molecule has 3 aromatic rings. The van der Waals surface area contributed by atoms with Crippen LogP contribution in [0.4, 0.5) is 5.69 Å². The Hall–Kier alpha value is -3.48. The van der Waals surface area contributed by atoms with Crippen LogP contribution in [-0.2, 0) is 16.1 Å². The van der Waals surface area contributed by atoms with E-state index in [9.17, 15) is 9.59 Å². The maximum Gasteiger partial charge on any atom is 0.338 e. The number of carbonyl (C=O) groups excluding carboxylic acids is 2. The van der Waals surface area contributed by atoms with E-state index in [0.717, 1.165) is 12.0 Å². The van der Waals surface area contributed by atoms with Gasteiger partial charge in [-0.05, 0) is 24.6 Å². The van der Waals surface area contributed by atoms with Crippen LogP contribution in [0.25, 0.3) is 11.4 Å². The largest absolute Gasteiger partial charge is 0.452 e. The van der Waals surface area contributed by atoms with Crippen molar-refractivity contribution in [2.45, 2.75) is 19.4 Å². The molecular formula is C20H17N3O4. The molecule has 7 nitrogen and oxygen atoms in total. The lowest BCUT2D eigenvalue weighted by Crippen LogP contribution is -2.23. The third-order valence-electron chi connectivity index (χ3n) is 4.29. The topological polar surface area (TPSA) is 85.5 Å². The van der Waals surface area contributed by atoms with Crippen LogP contribution in [0.5, 0.6) is 0 Å². The van der Waals surface area contributed by atoms with Crippen molar-refractivity contribution in [1.82, 2.24) is 10.1 Å². The number of anilines is 1. The first-order chi connectivity index (χ1) is 13.2. The Bertz CT molecular complexity index is 968. The zero-order valence-electron chi connectivity index (χ0n) is 14.5. The Morgan fingerprint density at radius 3 is 2.78 bits per heavy atom. The number of carbonyl (C=O) groups is 2. The highest BCUT2D eigenvalue weighted by Crippen LogP contribution is 2.23. The molecule has 0 atom stereocenters. The van der Waals surface area contributed by atoms with Crippen LogP contribution in [-0.4, -0.2) is 28.6 Å². The van der Waals surface area contributed by atoms with Crippen LogP contribution < -0.4 is 4.90 Å². The van der Waals surface area contributed by atoms with Crippen molar-refractivity contribution in [3.63, 3.8) is 0 Å². The van der Waals surface area contributed by atoms with Gasteiger partial charge in [0.2, 0.25) is 11.7 Å². The summed E-state index contributed by atoms with van der Waals surface area (Å²) in [5.41, 5.74) is 1.90. The van der Waals surface area contributed by atoms with E-state index in [1.165, 1.54) is 0 Å². The van der Waals surface area contributed by atoms with Crippen LogP contribution >= 0.6 is 0 Å². The van der Waals surface area contributed by atoms with E-state index in [-0.39, 0.29) is 18.4 Å². The summed E-state index contributed by atoms with van der Waals surface area (Å²) in [5.74, 6) is 0.215. The standard InChI is InChI=1S/C20H17N3O4/c24-18-10-5-11-23(18)16-9-4-8-15(12-16)20(25)26-13-17-21-19(22-27-17)14-6-2-1-3-7-14/h1-4,6-9,12H,5,10-11,13H2. The van der Waals surface area contributed by atoms with E-state index in [1.807, 2.05) is 36.4 Å². The van der Waals surface area contributed by atoms with Gasteiger partial charge in [-0.25, -0.2) is 4.79 Å². The zero-order chi connectivity index (χ0) is 18.6. The van der Waals surface area contributed by atoms with Gasteiger partial charge in [-0.1, -0.05) is 41.6 Å². The van der Waals surface area contributed by atoms with Crippen molar-refractivity contribution in [1.29, 1.82) is 0 Å². The van der Waals surface area contributed by atoms with Gasteiger partial charge in [0.15, 0.2) is 6.61 Å². The van der Waals surface area contributed by atoms with Crippen molar-refractivity contribution < 1.29 is 18.8 Å². The van der Waals surface area contributed by atoms with Gasteiger partial charge in [0, 0.05) is 24.2 Å². The monoisotopic (exact) mass is 363 g/mol. The van der Waals surface area contributed by atoms with Crippen LogP contribution in [0, 0.1) is 0 Å². The lowest BCUT2D eigenvalue weighted by atomic mass is 10.2. The summed E-state index contributed by atoms with van der Waals surface area (Å²) < 4.78 is 10.4. The first-order valence-corrected chi connectivity index (χ1v) is 8.66. The maximum absolute atomic E-state index is 12.3. The highest BCUT2D eigenvalue weighted by atomic mass is 16.6. The van der Waals surface area contributed by atoms with Gasteiger partial charge in [-0.2, -0.15) is 4.98 Å². The molecule has 1 aliphatic rings. The summed E-state index contributed by atoms with van der Waals surface area (Å²) in [6.45, 7) is 0.549. The summed E-state index contributed by atoms with van der Waals surface area (Å²) in [6.07, 6.45) is 1.37. The fraction of sp³-hybridized carbons (Fsp3) is 0.200. The lowest BCUT2D eigenvalue weighted by Gasteiger charge is -2.16. The smallest absolute Gasteiger partial charge is 0.338 e. The first-order valence-electron chi connectivity index (χ1n) is 8.66. The Morgan fingerprint density at radius 1 is 1.15 bits per heavy atom. The molecule has 0 aliphatic carbocycles. The first kappa shape index (κ1) is 17.0. The van der Waals surface area contributed by atoms with E-state index >= 15 is 0 Å². The Labute approximate surface area is 155 Å². The van der Waals surface area contributed by atoms with Gasteiger partial charge >= 0.3 is 5.97 Å². The number of benzene rings is 2. The van der Waals surface area contributed by atoms with Crippen molar-refractivity contribution in [2.75, 3.05) is 11.4 Å². The molecule has 0 bridgehead atoms. The molecule has 7 heteroatoms. The van der Waals surface area contributed by atoms with Crippen LogP contribution in [0.15, 0.2) is 59.1 Å². The second kappa shape index (κ2) is 7.41. The molecule has 1 fully saturated rings. The molecule has 1 aromatic heterocycles. The molecule has 0 radical (unpaired) electrons. The minimum absolute atomic E-state index is 0.0693. The van der Waals surface area contributed by atoms with E-state index in [4.69, 9.17) is 9.26 Å². The number of rotatable bonds is 5. The van der Waals surface area contributed by atoms with Crippen molar-refractivity contribution >= 4 is 17.6 Å². The van der Waals surface area contributed by atoms with Crippen LogP contribution in [0.3, 0.4) is 0 Å². The number of aromatic nitrogens is 2. The predicted molar refractivity (Wildman–Crippen MR) is 96.9 cm³/mol. The second-order valence-corrected chi connectivity index (χ2v) is 6.15. The van der Waals surface area contributed by atoms with Crippen molar-refractivity contribution in [2.24, 2.45) is 0 Å². The maximum atomic E-state index is 12.3. The van der Waals surface area contributed by atoms with E-state index < -0.39 is 5.97 Å². The summed E-state index contributed by atoms with van der Waals surface area (Å²) in [4.78, 5) is 30.1. The third-order valence-corrected chi connectivity index (χ3v) is 4.29. The van der Waals surface area contributed by atoms with Gasteiger partial charge in [-0.15, -0.1) is 0 Å². The van der Waals surface area contributed by atoms with Gasteiger partial charge in [0.25, 0.3) is 5.89 Å². The molecule has 1 saturated heterocycles. The van der Waals surface area contributed by atoms with Crippen LogP contribution in [0.1, 0.15) is 29.1 Å². The summed E-state index contributed by atoms with van der Waals surface area (Å²) >= 11 is 0. The molecule has 2 heterocycles. The lowest BCUT2D eigenvalue weighted by molar-refractivity contribution is -0.117. The molecule has 2 aromatic carbocycles. The number of amides is 1.